The van der Waals surface area contributed by atoms with Gasteiger partial charge in [0.2, 0.25) is 20.8 Å². The second-order valence-corrected chi connectivity index (χ2v) is 7.62. The minimum Gasteiger partial charge on any atom is -0.467 e. The molecule has 2 aromatic heterocycles. The Morgan fingerprint density at radius 3 is 2.64 bits per heavy atom. The second kappa shape index (κ2) is 7.04. The van der Waals surface area contributed by atoms with Crippen LogP contribution in [0, 0.1) is 0 Å². The van der Waals surface area contributed by atoms with Crippen LogP contribution in [0.3, 0.4) is 0 Å². The Hall–Kier alpha value is -2.08. The number of hydrogen-bond acceptors (Lipinski definition) is 6. The number of hydrogen-bond donors (Lipinski definition) is 1. The van der Waals surface area contributed by atoms with Gasteiger partial charge in [-0.15, -0.1) is 0 Å². The van der Waals surface area contributed by atoms with E-state index in [1.54, 1.807) is 0 Å². The third kappa shape index (κ3) is 5.46. The highest BCUT2D eigenvalue weighted by Gasteiger charge is 2.29. The van der Waals surface area contributed by atoms with E-state index in [2.05, 4.69) is 31.0 Å². The first-order chi connectivity index (χ1) is 11.5. The highest BCUT2D eigenvalue weighted by molar-refractivity contribution is 9.10. The molecule has 25 heavy (non-hydrogen) atoms. The SMILES string of the molecule is CS(=O)(=O)c1ccc(C(=O)Nc2cc(Br)cnc2OCC(F)(F)F)o1. The van der Waals surface area contributed by atoms with E-state index in [9.17, 15) is 26.4 Å². The molecule has 0 saturated heterocycles. The fraction of sp³-hybridized carbons (Fsp3) is 0.231. The standard InChI is InChI=1S/C13H10BrF3N2O5S/c1-25(21,22)10-3-2-9(24-10)11(20)19-8-4-7(14)5-18-12(8)23-6-13(15,16)17/h2-5H,6H2,1H3,(H,19,20). The molecule has 1 N–H and O–H groups in total. The predicted molar refractivity (Wildman–Crippen MR) is 83.3 cm³/mol. The van der Waals surface area contributed by atoms with Gasteiger partial charge in [-0.05, 0) is 34.1 Å². The van der Waals surface area contributed by atoms with Gasteiger partial charge < -0.3 is 14.5 Å². The number of furan rings is 1. The number of halogens is 4. The van der Waals surface area contributed by atoms with Gasteiger partial charge in [0.15, 0.2) is 12.4 Å². The molecule has 0 aliphatic heterocycles. The zero-order valence-corrected chi connectivity index (χ0v) is 14.8. The van der Waals surface area contributed by atoms with E-state index in [4.69, 9.17) is 4.42 Å². The number of nitrogens with one attached hydrogen (secondary N) is 1. The molecule has 1 amide bonds. The number of pyridine rings is 1. The van der Waals surface area contributed by atoms with E-state index >= 15 is 0 Å². The number of aromatic nitrogens is 1. The van der Waals surface area contributed by atoms with Crippen LogP contribution in [0.5, 0.6) is 5.88 Å². The van der Waals surface area contributed by atoms with Crippen molar-refractivity contribution in [2.24, 2.45) is 0 Å². The Bertz CT molecular complexity index is 895. The first-order valence-electron chi connectivity index (χ1n) is 6.42. The number of sulfone groups is 1. The van der Waals surface area contributed by atoms with Gasteiger partial charge in [-0.25, -0.2) is 13.4 Å². The van der Waals surface area contributed by atoms with Crippen molar-refractivity contribution < 1.29 is 35.5 Å². The predicted octanol–water partition coefficient (Wildman–Crippen LogP) is 3.03. The van der Waals surface area contributed by atoms with Crippen LogP contribution >= 0.6 is 15.9 Å². The first kappa shape index (κ1) is 19.2. The van der Waals surface area contributed by atoms with Gasteiger partial charge in [0.25, 0.3) is 5.91 Å². The molecule has 12 heteroatoms. The van der Waals surface area contributed by atoms with Crippen LogP contribution < -0.4 is 10.1 Å². The molecule has 7 nitrogen and oxygen atoms in total. The summed E-state index contributed by atoms with van der Waals surface area (Å²) >= 11 is 3.07. The molecular weight excluding hydrogens is 433 g/mol. The van der Waals surface area contributed by atoms with E-state index in [1.807, 2.05) is 0 Å². The fourth-order valence-corrected chi connectivity index (χ4v) is 2.49. The third-order valence-corrected chi connectivity index (χ3v) is 3.99. The van der Waals surface area contributed by atoms with Crippen LogP contribution in [-0.4, -0.2) is 38.3 Å². The summed E-state index contributed by atoms with van der Waals surface area (Å²) in [7, 11) is -3.64. The van der Waals surface area contributed by atoms with E-state index < -0.39 is 39.5 Å². The molecule has 0 unspecified atom stereocenters. The molecule has 0 radical (unpaired) electrons. The van der Waals surface area contributed by atoms with Crippen LogP contribution in [-0.2, 0) is 9.84 Å². The normalized spacial score (nSPS) is 12.0. The Kier molecular flexibility index (Phi) is 5.42. The zero-order valence-electron chi connectivity index (χ0n) is 12.4. The quantitative estimate of drug-likeness (QED) is 0.763. The van der Waals surface area contributed by atoms with Crippen LogP contribution in [0.15, 0.2) is 38.4 Å². The number of carbonyl (C=O) groups excluding carboxylic acids is 1. The van der Waals surface area contributed by atoms with Gasteiger partial charge in [0.05, 0.1) is 0 Å². The van der Waals surface area contributed by atoms with Gasteiger partial charge in [-0.3, -0.25) is 4.79 Å². The summed E-state index contributed by atoms with van der Waals surface area (Å²) in [5.41, 5.74) is -0.152. The molecule has 0 aliphatic rings. The molecule has 0 bridgehead atoms. The number of ether oxygens (including phenoxy) is 1. The summed E-state index contributed by atoms with van der Waals surface area (Å²) in [6, 6.07) is 3.48. The average Bonchev–Trinajstić information content (AvgIpc) is 2.95. The monoisotopic (exact) mass is 442 g/mol. The highest BCUT2D eigenvalue weighted by atomic mass is 79.9. The molecule has 0 atom stereocenters. The Morgan fingerprint density at radius 2 is 2.08 bits per heavy atom. The van der Waals surface area contributed by atoms with Crippen molar-refractivity contribution in [3.63, 3.8) is 0 Å². The highest BCUT2D eigenvalue weighted by Crippen LogP contribution is 2.28. The maximum Gasteiger partial charge on any atom is 0.422 e. The minimum atomic E-state index is -4.58. The summed E-state index contributed by atoms with van der Waals surface area (Å²) < 4.78 is 69.3. The number of amides is 1. The van der Waals surface area contributed by atoms with Crippen molar-refractivity contribution in [3.05, 3.63) is 34.6 Å². The van der Waals surface area contributed by atoms with Gasteiger partial charge >= 0.3 is 6.18 Å². The summed E-state index contributed by atoms with van der Waals surface area (Å²) in [6.45, 7) is -1.59. The Morgan fingerprint density at radius 1 is 1.40 bits per heavy atom. The molecule has 136 valence electrons. The van der Waals surface area contributed by atoms with Crippen LogP contribution in [0.2, 0.25) is 0 Å². The van der Waals surface area contributed by atoms with E-state index in [0.717, 1.165) is 18.4 Å². The van der Waals surface area contributed by atoms with Gasteiger partial charge in [-0.1, -0.05) is 0 Å². The topological polar surface area (TPSA) is 98.5 Å². The lowest BCUT2D eigenvalue weighted by Gasteiger charge is -2.12. The number of anilines is 1. The molecule has 2 rings (SSSR count). The van der Waals surface area contributed by atoms with Gasteiger partial charge in [-0.2, -0.15) is 13.2 Å². The Balaban J connectivity index is 2.22. The van der Waals surface area contributed by atoms with Gasteiger partial charge in [0, 0.05) is 16.9 Å². The summed E-state index contributed by atoms with van der Waals surface area (Å²) in [4.78, 5) is 15.8. The van der Waals surface area contributed by atoms with Gasteiger partial charge in [0.1, 0.15) is 5.69 Å². The summed E-state index contributed by atoms with van der Waals surface area (Å²) in [5, 5.41) is 1.84. The smallest absolute Gasteiger partial charge is 0.422 e. The number of carbonyl (C=O) groups is 1. The van der Waals surface area contributed by atoms with Crippen LogP contribution in [0.1, 0.15) is 10.6 Å². The zero-order chi connectivity index (χ0) is 18.8. The molecule has 0 fully saturated rings. The third-order valence-electron chi connectivity index (χ3n) is 2.61. The lowest BCUT2D eigenvalue weighted by atomic mass is 10.3. The summed E-state index contributed by atoms with van der Waals surface area (Å²) in [6.07, 6.45) is -2.49. The number of nitrogens with zero attached hydrogens (tertiary/aromatic N) is 1. The van der Waals surface area contributed by atoms with E-state index in [1.165, 1.54) is 12.3 Å². The van der Waals surface area contributed by atoms with Crippen molar-refractivity contribution in [1.82, 2.24) is 4.98 Å². The second-order valence-electron chi connectivity index (χ2n) is 4.76. The lowest BCUT2D eigenvalue weighted by Crippen LogP contribution is -2.21. The van der Waals surface area contributed by atoms with Crippen molar-refractivity contribution in [2.45, 2.75) is 11.3 Å². The molecule has 0 aliphatic carbocycles. The summed E-state index contributed by atoms with van der Waals surface area (Å²) in [5.74, 6) is -1.68. The average molecular weight is 443 g/mol. The van der Waals surface area contributed by atoms with Crippen molar-refractivity contribution in [1.29, 1.82) is 0 Å². The van der Waals surface area contributed by atoms with Crippen LogP contribution in [0.4, 0.5) is 18.9 Å². The maximum absolute atomic E-state index is 12.3. The van der Waals surface area contributed by atoms with E-state index in [0.29, 0.717) is 4.47 Å². The molecule has 2 heterocycles. The Labute approximate surface area is 148 Å². The van der Waals surface area contributed by atoms with Crippen molar-refractivity contribution >= 4 is 37.4 Å². The van der Waals surface area contributed by atoms with Crippen molar-refractivity contribution in [2.75, 3.05) is 18.2 Å². The number of rotatable bonds is 5. The van der Waals surface area contributed by atoms with Crippen LogP contribution in [0.25, 0.3) is 0 Å². The molecule has 0 saturated carbocycles. The molecule has 0 spiro atoms. The first-order valence-corrected chi connectivity index (χ1v) is 9.10. The fourth-order valence-electron chi connectivity index (χ4n) is 1.61. The molecular formula is C13H10BrF3N2O5S. The molecule has 0 aromatic carbocycles. The van der Waals surface area contributed by atoms with Crippen molar-refractivity contribution in [3.8, 4) is 5.88 Å². The number of alkyl halides is 3. The lowest BCUT2D eigenvalue weighted by molar-refractivity contribution is -0.153. The largest absolute Gasteiger partial charge is 0.467 e. The van der Waals surface area contributed by atoms with E-state index in [-0.39, 0.29) is 11.4 Å². The minimum absolute atomic E-state index is 0.152. The molecule has 2 aromatic rings. The maximum atomic E-state index is 12.3.